The van der Waals surface area contributed by atoms with Gasteiger partial charge in [0.05, 0.1) is 22.5 Å². The van der Waals surface area contributed by atoms with Gasteiger partial charge in [-0.15, -0.1) is 0 Å². The van der Waals surface area contributed by atoms with Crippen molar-refractivity contribution in [2.75, 3.05) is 4.90 Å². The van der Waals surface area contributed by atoms with Crippen LogP contribution in [0.15, 0.2) is 229 Å². The number of nitrogens with zero attached hydrogens (tertiary/aromatic N) is 1. The highest BCUT2D eigenvalue weighted by molar-refractivity contribution is 6.11. The fraction of sp³-hybridized carbons (Fsp3) is 0.0169. The molecule has 2 aliphatic rings. The number of anilines is 3. The fourth-order valence-corrected chi connectivity index (χ4v) is 10.7. The second-order valence-corrected chi connectivity index (χ2v) is 16.3. The summed E-state index contributed by atoms with van der Waals surface area (Å²) in [6.07, 6.45) is 0. The molecule has 0 fully saturated rings. The summed E-state index contributed by atoms with van der Waals surface area (Å²) in [5.74, 6) is 0. The van der Waals surface area contributed by atoms with Gasteiger partial charge in [-0.25, -0.2) is 0 Å². The van der Waals surface area contributed by atoms with E-state index in [1.54, 1.807) is 0 Å². The predicted octanol–water partition coefficient (Wildman–Crippen LogP) is 15.9. The summed E-state index contributed by atoms with van der Waals surface area (Å²) in [4.78, 5) is 2.48. The lowest BCUT2D eigenvalue weighted by molar-refractivity contribution is 0.668. The molecule has 0 amide bonds. The monoisotopic (exact) mass is 775 g/mol. The molecular weight excluding hydrogens is 739 g/mol. The van der Waals surface area contributed by atoms with E-state index in [2.05, 4.69) is 229 Å². The number of benzene rings is 10. The summed E-state index contributed by atoms with van der Waals surface area (Å²) in [5, 5.41) is 4.69. The van der Waals surface area contributed by atoms with Crippen LogP contribution in [0.2, 0.25) is 0 Å². The zero-order valence-electron chi connectivity index (χ0n) is 33.2. The fourth-order valence-electron chi connectivity index (χ4n) is 10.7. The lowest BCUT2D eigenvalue weighted by Gasteiger charge is -2.45. The van der Waals surface area contributed by atoms with Crippen molar-refractivity contribution in [3.05, 3.63) is 247 Å². The molecule has 0 bridgehead atoms. The summed E-state index contributed by atoms with van der Waals surface area (Å²) in [5.41, 5.74) is 19.2. The third kappa shape index (κ3) is 4.79. The molecule has 13 rings (SSSR count). The van der Waals surface area contributed by atoms with Crippen molar-refractivity contribution in [1.82, 2.24) is 0 Å². The maximum atomic E-state index is 6.85. The molecule has 0 radical (unpaired) electrons. The second kappa shape index (κ2) is 13.0. The first-order chi connectivity index (χ1) is 30.3. The Balaban J connectivity index is 1.18. The van der Waals surface area contributed by atoms with E-state index in [0.29, 0.717) is 0 Å². The summed E-state index contributed by atoms with van der Waals surface area (Å²) in [7, 11) is 0. The van der Waals surface area contributed by atoms with Gasteiger partial charge in [-0.1, -0.05) is 188 Å². The van der Waals surface area contributed by atoms with Crippen LogP contribution >= 0.6 is 0 Å². The van der Waals surface area contributed by atoms with Crippen LogP contribution in [0.25, 0.3) is 77.2 Å². The molecule has 2 heterocycles. The highest BCUT2D eigenvalue weighted by atomic mass is 16.3. The van der Waals surface area contributed by atoms with Gasteiger partial charge < -0.3 is 9.32 Å². The van der Waals surface area contributed by atoms with Gasteiger partial charge in [-0.3, -0.25) is 0 Å². The molecule has 1 aromatic heterocycles. The molecule has 0 N–H and O–H groups in total. The van der Waals surface area contributed by atoms with Gasteiger partial charge in [0.1, 0.15) is 5.58 Å². The second-order valence-electron chi connectivity index (χ2n) is 16.3. The van der Waals surface area contributed by atoms with Crippen molar-refractivity contribution in [3.8, 4) is 44.5 Å². The average molecular weight is 776 g/mol. The highest BCUT2D eigenvalue weighted by Crippen LogP contribution is 2.64. The molecule has 0 atom stereocenters. The van der Waals surface area contributed by atoms with E-state index < -0.39 is 5.41 Å². The van der Waals surface area contributed by atoms with Crippen molar-refractivity contribution in [3.63, 3.8) is 0 Å². The number of hydrogen-bond donors (Lipinski definition) is 0. The molecule has 2 nitrogen and oxygen atoms in total. The molecule has 0 saturated carbocycles. The SMILES string of the molecule is c1ccc(-c2ccccc2-c2ccc3c(c2)C2(c4ccccc4-c4ccccc42)c2cc(-c4cccc5ccccc45)ccc2N3c2cccc3c2oc2ccccc23)cc1. The summed E-state index contributed by atoms with van der Waals surface area (Å²) >= 11 is 0. The Kier molecular flexibility index (Phi) is 7.26. The largest absolute Gasteiger partial charge is 0.454 e. The lowest BCUT2D eigenvalue weighted by atomic mass is 9.64. The molecule has 1 aliphatic carbocycles. The van der Waals surface area contributed by atoms with Crippen molar-refractivity contribution in [2.24, 2.45) is 0 Å². The van der Waals surface area contributed by atoms with Crippen molar-refractivity contribution < 1.29 is 4.42 Å². The average Bonchev–Trinajstić information content (AvgIpc) is 3.86. The Morgan fingerprint density at radius 2 is 0.820 bits per heavy atom. The molecule has 1 aliphatic heterocycles. The van der Waals surface area contributed by atoms with Crippen molar-refractivity contribution in [2.45, 2.75) is 5.41 Å². The van der Waals surface area contributed by atoms with E-state index in [4.69, 9.17) is 4.42 Å². The number of furan rings is 1. The van der Waals surface area contributed by atoms with Crippen LogP contribution in [0.3, 0.4) is 0 Å². The molecule has 1 spiro atoms. The maximum absolute atomic E-state index is 6.85. The van der Waals surface area contributed by atoms with E-state index in [0.717, 1.165) is 39.0 Å². The molecule has 0 saturated heterocycles. The van der Waals surface area contributed by atoms with Gasteiger partial charge in [-0.05, 0) is 114 Å². The predicted molar refractivity (Wildman–Crippen MR) is 253 cm³/mol. The highest BCUT2D eigenvalue weighted by Gasteiger charge is 2.52. The van der Waals surface area contributed by atoms with Crippen LogP contribution < -0.4 is 4.90 Å². The quantitative estimate of drug-likeness (QED) is 0.177. The van der Waals surface area contributed by atoms with Gasteiger partial charge in [0.15, 0.2) is 5.58 Å². The van der Waals surface area contributed by atoms with Gasteiger partial charge in [0.2, 0.25) is 0 Å². The van der Waals surface area contributed by atoms with E-state index in [1.165, 1.54) is 77.5 Å². The topological polar surface area (TPSA) is 16.4 Å². The smallest absolute Gasteiger partial charge is 0.159 e. The molecule has 61 heavy (non-hydrogen) atoms. The van der Waals surface area contributed by atoms with E-state index in [-0.39, 0.29) is 0 Å². The minimum atomic E-state index is -0.644. The van der Waals surface area contributed by atoms with Crippen LogP contribution in [-0.4, -0.2) is 0 Å². The Bertz CT molecular complexity index is 3510. The first-order valence-electron chi connectivity index (χ1n) is 21.1. The summed E-state index contributed by atoms with van der Waals surface area (Å²) in [6, 6.07) is 82.5. The maximum Gasteiger partial charge on any atom is 0.159 e. The molecule has 10 aromatic carbocycles. The summed E-state index contributed by atoms with van der Waals surface area (Å²) in [6.45, 7) is 0. The number of para-hydroxylation sites is 2. The standard InChI is InChI=1S/C59H37NO/c1-2-16-38(17-3-1)42-21-6-7-22-44(42)40-32-34-54-52(36-40)59(50-28-11-8-23-46(50)47-24-9-12-29-51(47)59)53-37-41(45-26-14-19-39-18-4-5-20-43(39)45)33-35-55(53)60(54)56-30-15-27-49-48-25-10-13-31-57(48)61-58(49)56/h1-37H. The van der Waals surface area contributed by atoms with Crippen LogP contribution in [0.4, 0.5) is 17.1 Å². The number of hydrogen-bond acceptors (Lipinski definition) is 2. The van der Waals surface area contributed by atoms with Gasteiger partial charge in [0, 0.05) is 10.8 Å². The number of fused-ring (bicyclic) bond motifs is 13. The van der Waals surface area contributed by atoms with Crippen molar-refractivity contribution >= 4 is 49.8 Å². The molecule has 0 unspecified atom stereocenters. The van der Waals surface area contributed by atoms with E-state index >= 15 is 0 Å². The van der Waals surface area contributed by atoms with Gasteiger partial charge in [0.25, 0.3) is 0 Å². The third-order valence-electron chi connectivity index (χ3n) is 13.3. The van der Waals surface area contributed by atoms with Crippen LogP contribution in [0, 0.1) is 0 Å². The van der Waals surface area contributed by atoms with Crippen molar-refractivity contribution in [1.29, 1.82) is 0 Å². The molecule has 2 heteroatoms. The Morgan fingerprint density at radius 1 is 0.311 bits per heavy atom. The zero-order chi connectivity index (χ0) is 40.1. The first kappa shape index (κ1) is 34.0. The minimum Gasteiger partial charge on any atom is -0.454 e. The molecule has 11 aromatic rings. The molecular formula is C59H37NO. The summed E-state index contributed by atoms with van der Waals surface area (Å²) < 4.78 is 6.85. The lowest BCUT2D eigenvalue weighted by Crippen LogP contribution is -2.36. The van der Waals surface area contributed by atoms with E-state index in [1.807, 2.05) is 0 Å². The third-order valence-corrected chi connectivity index (χ3v) is 13.3. The Labute approximate surface area is 354 Å². The first-order valence-corrected chi connectivity index (χ1v) is 21.1. The Hall–Kier alpha value is -7.94. The Morgan fingerprint density at radius 3 is 1.54 bits per heavy atom. The van der Waals surface area contributed by atoms with Crippen LogP contribution in [0.5, 0.6) is 0 Å². The normalized spacial score (nSPS) is 13.3. The van der Waals surface area contributed by atoms with Crippen LogP contribution in [0.1, 0.15) is 22.3 Å². The minimum absolute atomic E-state index is 0.644. The zero-order valence-corrected chi connectivity index (χ0v) is 33.2. The van der Waals surface area contributed by atoms with Gasteiger partial charge in [-0.2, -0.15) is 0 Å². The van der Waals surface area contributed by atoms with E-state index in [9.17, 15) is 0 Å². The number of rotatable bonds is 4. The van der Waals surface area contributed by atoms with Gasteiger partial charge >= 0.3 is 0 Å². The van der Waals surface area contributed by atoms with Crippen LogP contribution in [-0.2, 0) is 5.41 Å². The molecule has 284 valence electrons.